The summed E-state index contributed by atoms with van der Waals surface area (Å²) in [6.07, 6.45) is 2.55. The van der Waals surface area contributed by atoms with Gasteiger partial charge in [0.25, 0.3) is 0 Å². The van der Waals surface area contributed by atoms with Crippen molar-refractivity contribution < 1.29 is 19.1 Å². The van der Waals surface area contributed by atoms with Crippen molar-refractivity contribution in [1.82, 2.24) is 5.01 Å². The number of rotatable bonds is 3. The fourth-order valence-electron chi connectivity index (χ4n) is 3.95. The zero-order valence-corrected chi connectivity index (χ0v) is 17.0. The van der Waals surface area contributed by atoms with Crippen LogP contribution in [0.2, 0.25) is 0 Å². The quantitative estimate of drug-likeness (QED) is 0.850. The Hall–Kier alpha value is -3.35. The number of nitrogens with zero attached hydrogens (tertiary/aromatic N) is 2. The number of ether oxygens (including phenoxy) is 2. The topological polar surface area (TPSA) is 80.2 Å². The van der Waals surface area contributed by atoms with Crippen LogP contribution >= 0.6 is 0 Å². The number of amides is 2. The third-order valence-electron chi connectivity index (χ3n) is 5.63. The van der Waals surface area contributed by atoms with E-state index in [0.29, 0.717) is 17.9 Å². The van der Waals surface area contributed by atoms with Crippen molar-refractivity contribution in [3.8, 4) is 11.5 Å². The summed E-state index contributed by atoms with van der Waals surface area (Å²) in [5.74, 6) is 1.46. The van der Waals surface area contributed by atoms with Gasteiger partial charge in [0.15, 0.2) is 11.5 Å². The molecule has 0 radical (unpaired) electrons. The molecule has 2 amide bonds. The maximum atomic E-state index is 13.0. The van der Waals surface area contributed by atoms with E-state index >= 15 is 0 Å². The lowest BCUT2D eigenvalue weighted by Crippen LogP contribution is -2.36. The molecule has 1 atom stereocenters. The van der Waals surface area contributed by atoms with E-state index in [-0.39, 0.29) is 30.6 Å². The van der Waals surface area contributed by atoms with Crippen LogP contribution < -0.4 is 14.8 Å². The van der Waals surface area contributed by atoms with Gasteiger partial charge in [-0.15, -0.1) is 0 Å². The third kappa shape index (κ3) is 3.40. The molecule has 1 saturated carbocycles. The van der Waals surface area contributed by atoms with Crippen molar-refractivity contribution in [3.63, 3.8) is 0 Å². The SMILES string of the molecule is CC(=O)Nc1ccc(C2=NN(C(=O)C3CC3)C(C)Cc3cc4c(cc32)OCO4)cc1. The molecule has 0 saturated heterocycles. The average molecular weight is 405 g/mol. The van der Waals surface area contributed by atoms with Gasteiger partial charge in [-0.05, 0) is 56.0 Å². The molecule has 154 valence electrons. The summed E-state index contributed by atoms with van der Waals surface area (Å²) in [6.45, 7) is 3.71. The molecule has 3 aliphatic rings. The molecule has 1 unspecified atom stereocenters. The smallest absolute Gasteiger partial charge is 0.246 e. The normalized spacial score (nSPS) is 19.6. The lowest BCUT2D eigenvalue weighted by atomic mass is 9.94. The van der Waals surface area contributed by atoms with Crippen molar-refractivity contribution >= 4 is 23.2 Å². The molecule has 0 bridgehead atoms. The van der Waals surface area contributed by atoms with Crippen molar-refractivity contribution in [2.45, 2.75) is 39.2 Å². The van der Waals surface area contributed by atoms with Crippen LogP contribution in [0.15, 0.2) is 41.5 Å². The lowest BCUT2D eigenvalue weighted by Gasteiger charge is -2.23. The van der Waals surface area contributed by atoms with Gasteiger partial charge in [-0.1, -0.05) is 12.1 Å². The summed E-state index contributed by atoms with van der Waals surface area (Å²) in [4.78, 5) is 24.3. The van der Waals surface area contributed by atoms with Crippen molar-refractivity contribution in [2.75, 3.05) is 12.1 Å². The maximum Gasteiger partial charge on any atom is 0.246 e. The molecule has 7 heteroatoms. The average Bonchev–Trinajstić information content (AvgIpc) is 3.48. The molecule has 1 aliphatic carbocycles. The third-order valence-corrected chi connectivity index (χ3v) is 5.63. The minimum Gasteiger partial charge on any atom is -0.454 e. The van der Waals surface area contributed by atoms with Gasteiger partial charge in [-0.3, -0.25) is 9.59 Å². The Bertz CT molecular complexity index is 1060. The minimum atomic E-state index is -0.123. The van der Waals surface area contributed by atoms with Crippen molar-refractivity contribution in [3.05, 3.63) is 53.1 Å². The van der Waals surface area contributed by atoms with Gasteiger partial charge in [0.1, 0.15) is 0 Å². The number of anilines is 1. The van der Waals surface area contributed by atoms with E-state index in [1.807, 2.05) is 43.3 Å². The van der Waals surface area contributed by atoms with E-state index in [1.54, 1.807) is 5.01 Å². The lowest BCUT2D eigenvalue weighted by molar-refractivity contribution is -0.134. The molecule has 5 rings (SSSR count). The summed E-state index contributed by atoms with van der Waals surface area (Å²) in [5.41, 5.74) is 4.31. The second-order valence-electron chi connectivity index (χ2n) is 8.08. The first kappa shape index (κ1) is 18.7. The summed E-state index contributed by atoms with van der Waals surface area (Å²) in [5, 5.41) is 9.29. The second-order valence-corrected chi connectivity index (χ2v) is 8.08. The Morgan fingerprint density at radius 2 is 1.80 bits per heavy atom. The molecule has 2 heterocycles. The monoisotopic (exact) mass is 405 g/mol. The largest absolute Gasteiger partial charge is 0.454 e. The Kier molecular flexibility index (Phi) is 4.46. The number of hydrogen-bond donors (Lipinski definition) is 1. The van der Waals surface area contributed by atoms with Crippen LogP contribution in [0, 0.1) is 5.92 Å². The Balaban J connectivity index is 1.61. The van der Waals surface area contributed by atoms with E-state index in [0.717, 1.165) is 41.0 Å². The van der Waals surface area contributed by atoms with Gasteiger partial charge in [0.2, 0.25) is 18.6 Å². The van der Waals surface area contributed by atoms with E-state index < -0.39 is 0 Å². The molecule has 30 heavy (non-hydrogen) atoms. The van der Waals surface area contributed by atoms with Gasteiger partial charge in [-0.25, -0.2) is 5.01 Å². The van der Waals surface area contributed by atoms with Crippen LogP contribution in [0.1, 0.15) is 43.4 Å². The summed E-state index contributed by atoms with van der Waals surface area (Å²) >= 11 is 0. The molecular weight excluding hydrogens is 382 g/mol. The van der Waals surface area contributed by atoms with Crippen LogP contribution in [0.4, 0.5) is 5.69 Å². The highest BCUT2D eigenvalue weighted by Gasteiger charge is 2.37. The van der Waals surface area contributed by atoms with Gasteiger partial charge in [0.05, 0.1) is 11.8 Å². The first-order valence-corrected chi connectivity index (χ1v) is 10.2. The molecule has 1 N–H and O–H groups in total. The van der Waals surface area contributed by atoms with Crippen LogP contribution in [-0.2, 0) is 16.0 Å². The number of fused-ring (bicyclic) bond motifs is 2. The molecule has 0 aromatic heterocycles. The number of hydrazone groups is 1. The van der Waals surface area contributed by atoms with E-state index in [1.165, 1.54) is 6.92 Å². The zero-order valence-electron chi connectivity index (χ0n) is 17.0. The van der Waals surface area contributed by atoms with E-state index in [9.17, 15) is 9.59 Å². The number of benzene rings is 2. The first-order chi connectivity index (χ1) is 14.5. The van der Waals surface area contributed by atoms with E-state index in [2.05, 4.69) is 5.32 Å². The maximum absolute atomic E-state index is 13.0. The molecule has 2 aromatic carbocycles. The number of carbonyl (C=O) groups is 2. The van der Waals surface area contributed by atoms with Crippen molar-refractivity contribution in [1.29, 1.82) is 0 Å². The summed E-state index contributed by atoms with van der Waals surface area (Å²) < 4.78 is 11.2. The fourth-order valence-corrected chi connectivity index (χ4v) is 3.95. The highest BCUT2D eigenvalue weighted by molar-refractivity contribution is 6.14. The molecule has 7 nitrogen and oxygen atoms in total. The standard InChI is InChI=1S/C23H23N3O4/c1-13-9-17-10-20-21(30-12-29-20)11-19(17)22(25-26(13)23(28)16-3-4-16)15-5-7-18(8-6-15)24-14(2)27/h5-8,10-11,13,16H,3-4,9,12H2,1-2H3,(H,24,27). The molecule has 2 aliphatic heterocycles. The van der Waals surface area contributed by atoms with E-state index in [4.69, 9.17) is 14.6 Å². The Morgan fingerprint density at radius 3 is 2.47 bits per heavy atom. The van der Waals surface area contributed by atoms with Gasteiger partial charge >= 0.3 is 0 Å². The number of carbonyl (C=O) groups excluding carboxylic acids is 2. The van der Waals surface area contributed by atoms with Crippen LogP contribution in [0.5, 0.6) is 11.5 Å². The van der Waals surface area contributed by atoms with Crippen LogP contribution in [0.3, 0.4) is 0 Å². The fraction of sp³-hybridized carbons (Fsp3) is 0.348. The van der Waals surface area contributed by atoms with Gasteiger partial charge in [-0.2, -0.15) is 5.10 Å². The van der Waals surface area contributed by atoms with Gasteiger partial charge in [0, 0.05) is 29.7 Å². The summed E-state index contributed by atoms with van der Waals surface area (Å²) in [6, 6.07) is 11.4. The van der Waals surface area contributed by atoms with Crippen molar-refractivity contribution in [2.24, 2.45) is 11.0 Å². The minimum absolute atomic E-state index is 0.0617. The van der Waals surface area contributed by atoms with Crippen LogP contribution in [-0.4, -0.2) is 35.4 Å². The molecular formula is C23H23N3O4. The number of hydrogen-bond acceptors (Lipinski definition) is 5. The highest BCUT2D eigenvalue weighted by atomic mass is 16.7. The predicted molar refractivity (Wildman–Crippen MR) is 112 cm³/mol. The Labute approximate surface area is 174 Å². The molecule has 1 fully saturated rings. The molecule has 0 spiro atoms. The second kappa shape index (κ2) is 7.16. The van der Waals surface area contributed by atoms with Crippen LogP contribution in [0.25, 0.3) is 0 Å². The highest BCUT2D eigenvalue weighted by Crippen LogP contribution is 2.39. The number of nitrogens with one attached hydrogen (secondary N) is 1. The first-order valence-electron chi connectivity index (χ1n) is 10.2. The van der Waals surface area contributed by atoms with Gasteiger partial charge < -0.3 is 14.8 Å². The molecule has 2 aromatic rings. The Morgan fingerprint density at radius 1 is 1.10 bits per heavy atom. The summed E-state index contributed by atoms with van der Waals surface area (Å²) in [7, 11) is 0. The zero-order chi connectivity index (χ0) is 20.8. The predicted octanol–water partition coefficient (Wildman–Crippen LogP) is 3.31.